The molecule has 0 spiro atoms. The van der Waals surface area contributed by atoms with Gasteiger partial charge in [0.05, 0.1) is 0 Å². The van der Waals surface area contributed by atoms with Gasteiger partial charge in [0.2, 0.25) is 5.91 Å². The van der Waals surface area contributed by atoms with Gasteiger partial charge in [-0.3, -0.25) is 4.79 Å². The SMILES string of the molecule is Cc1ccc(CCC(=O)NC/C=C/CN)cc1. The van der Waals surface area contributed by atoms with Crippen molar-refractivity contribution in [2.45, 2.75) is 19.8 Å². The number of nitrogens with one attached hydrogen (secondary N) is 1. The smallest absolute Gasteiger partial charge is 0.220 e. The second kappa shape index (κ2) is 7.63. The van der Waals surface area contributed by atoms with Gasteiger partial charge in [-0.15, -0.1) is 0 Å². The van der Waals surface area contributed by atoms with Crippen LogP contribution in [0.1, 0.15) is 17.5 Å². The van der Waals surface area contributed by atoms with Crippen LogP contribution in [0.2, 0.25) is 0 Å². The summed E-state index contributed by atoms with van der Waals surface area (Å²) < 4.78 is 0. The fourth-order valence-corrected chi connectivity index (χ4v) is 1.45. The van der Waals surface area contributed by atoms with Gasteiger partial charge in [0, 0.05) is 19.5 Å². The summed E-state index contributed by atoms with van der Waals surface area (Å²) in [4.78, 5) is 11.5. The third-order valence-electron chi connectivity index (χ3n) is 2.48. The molecule has 1 aromatic carbocycles. The van der Waals surface area contributed by atoms with E-state index in [9.17, 15) is 4.79 Å². The highest BCUT2D eigenvalue weighted by molar-refractivity contribution is 5.76. The van der Waals surface area contributed by atoms with Gasteiger partial charge in [0.1, 0.15) is 0 Å². The Labute approximate surface area is 103 Å². The van der Waals surface area contributed by atoms with Crippen molar-refractivity contribution < 1.29 is 4.79 Å². The average Bonchev–Trinajstić information content (AvgIpc) is 2.34. The lowest BCUT2D eigenvalue weighted by atomic mass is 10.1. The van der Waals surface area contributed by atoms with Crippen molar-refractivity contribution in [3.63, 3.8) is 0 Å². The van der Waals surface area contributed by atoms with E-state index in [0.29, 0.717) is 19.5 Å². The van der Waals surface area contributed by atoms with Crippen molar-refractivity contribution in [3.05, 3.63) is 47.5 Å². The van der Waals surface area contributed by atoms with Crippen molar-refractivity contribution >= 4 is 5.91 Å². The Morgan fingerprint density at radius 2 is 2.00 bits per heavy atom. The van der Waals surface area contributed by atoms with Crippen LogP contribution in [0.5, 0.6) is 0 Å². The molecule has 0 bridgehead atoms. The molecule has 3 heteroatoms. The highest BCUT2D eigenvalue weighted by atomic mass is 16.1. The molecule has 0 aliphatic rings. The monoisotopic (exact) mass is 232 g/mol. The summed E-state index contributed by atoms with van der Waals surface area (Å²) in [5.41, 5.74) is 7.73. The van der Waals surface area contributed by atoms with E-state index in [4.69, 9.17) is 5.73 Å². The maximum atomic E-state index is 11.5. The first-order valence-corrected chi connectivity index (χ1v) is 5.89. The van der Waals surface area contributed by atoms with Gasteiger partial charge in [-0.05, 0) is 18.9 Å². The molecule has 0 aliphatic carbocycles. The predicted molar refractivity (Wildman–Crippen MR) is 70.7 cm³/mol. The molecule has 1 rings (SSSR count). The molecule has 0 aliphatic heterocycles. The molecular weight excluding hydrogens is 212 g/mol. The molecule has 0 unspecified atom stereocenters. The van der Waals surface area contributed by atoms with E-state index in [2.05, 4.69) is 36.5 Å². The molecule has 92 valence electrons. The summed E-state index contributed by atoms with van der Waals surface area (Å²) in [5, 5.41) is 2.82. The molecule has 17 heavy (non-hydrogen) atoms. The summed E-state index contributed by atoms with van der Waals surface area (Å²) in [6.07, 6.45) is 5.01. The number of benzene rings is 1. The molecule has 0 saturated carbocycles. The minimum absolute atomic E-state index is 0.0762. The second-order valence-corrected chi connectivity index (χ2v) is 4.00. The fraction of sp³-hybridized carbons (Fsp3) is 0.357. The zero-order chi connectivity index (χ0) is 12.5. The Bertz CT molecular complexity index is 368. The minimum atomic E-state index is 0.0762. The van der Waals surface area contributed by atoms with Gasteiger partial charge in [0.15, 0.2) is 0 Å². The molecule has 1 aromatic rings. The standard InChI is InChI=1S/C14H20N2O/c1-12-4-6-13(7-5-12)8-9-14(17)16-11-3-2-10-15/h2-7H,8-11,15H2,1H3,(H,16,17)/b3-2+. The highest BCUT2D eigenvalue weighted by Gasteiger charge is 2.00. The van der Waals surface area contributed by atoms with Crippen molar-refractivity contribution in [3.8, 4) is 0 Å². The van der Waals surface area contributed by atoms with Crippen LogP contribution >= 0.6 is 0 Å². The molecule has 3 nitrogen and oxygen atoms in total. The molecule has 0 saturated heterocycles. The van der Waals surface area contributed by atoms with E-state index in [1.807, 2.05) is 12.2 Å². The summed E-state index contributed by atoms with van der Waals surface area (Å²) in [7, 11) is 0. The number of hydrogen-bond donors (Lipinski definition) is 2. The largest absolute Gasteiger partial charge is 0.353 e. The summed E-state index contributed by atoms with van der Waals surface area (Å²) in [6, 6.07) is 8.27. The van der Waals surface area contributed by atoms with Gasteiger partial charge in [-0.25, -0.2) is 0 Å². The number of rotatable bonds is 6. The van der Waals surface area contributed by atoms with Gasteiger partial charge in [-0.1, -0.05) is 42.0 Å². The van der Waals surface area contributed by atoms with Crippen molar-refractivity contribution in [2.24, 2.45) is 5.73 Å². The van der Waals surface area contributed by atoms with Crippen LogP contribution in [0.4, 0.5) is 0 Å². The van der Waals surface area contributed by atoms with Gasteiger partial charge in [-0.2, -0.15) is 0 Å². The lowest BCUT2D eigenvalue weighted by Gasteiger charge is -2.03. The lowest BCUT2D eigenvalue weighted by Crippen LogP contribution is -2.23. The third-order valence-corrected chi connectivity index (χ3v) is 2.48. The van der Waals surface area contributed by atoms with E-state index < -0.39 is 0 Å². The Morgan fingerprint density at radius 1 is 1.29 bits per heavy atom. The van der Waals surface area contributed by atoms with Crippen molar-refractivity contribution in [1.29, 1.82) is 0 Å². The summed E-state index contributed by atoms with van der Waals surface area (Å²) in [6.45, 7) is 3.13. The van der Waals surface area contributed by atoms with Gasteiger partial charge in [0.25, 0.3) is 0 Å². The summed E-state index contributed by atoms with van der Waals surface area (Å²) >= 11 is 0. The lowest BCUT2D eigenvalue weighted by molar-refractivity contribution is -0.120. The number of hydrogen-bond acceptors (Lipinski definition) is 2. The zero-order valence-corrected chi connectivity index (χ0v) is 10.3. The van der Waals surface area contributed by atoms with Crippen LogP contribution < -0.4 is 11.1 Å². The Morgan fingerprint density at radius 3 is 2.65 bits per heavy atom. The van der Waals surface area contributed by atoms with Crippen LogP contribution in [-0.2, 0) is 11.2 Å². The molecule has 0 aromatic heterocycles. The highest BCUT2D eigenvalue weighted by Crippen LogP contribution is 2.05. The maximum absolute atomic E-state index is 11.5. The van der Waals surface area contributed by atoms with Crippen molar-refractivity contribution in [1.82, 2.24) is 5.32 Å². The van der Waals surface area contributed by atoms with E-state index in [1.54, 1.807) is 0 Å². The number of nitrogens with two attached hydrogens (primary N) is 1. The van der Waals surface area contributed by atoms with Crippen molar-refractivity contribution in [2.75, 3.05) is 13.1 Å². The van der Waals surface area contributed by atoms with Crippen LogP contribution in [0, 0.1) is 6.92 Å². The molecule has 0 radical (unpaired) electrons. The minimum Gasteiger partial charge on any atom is -0.353 e. The first-order valence-electron chi connectivity index (χ1n) is 5.89. The quantitative estimate of drug-likeness (QED) is 0.731. The molecule has 1 amide bonds. The molecule has 0 atom stereocenters. The third kappa shape index (κ3) is 5.88. The van der Waals surface area contributed by atoms with Gasteiger partial charge < -0.3 is 11.1 Å². The van der Waals surface area contributed by atoms with Crippen LogP contribution in [-0.4, -0.2) is 19.0 Å². The normalized spacial score (nSPS) is 10.7. The van der Waals surface area contributed by atoms with Gasteiger partial charge >= 0.3 is 0 Å². The predicted octanol–water partition coefficient (Wildman–Crippen LogP) is 1.56. The second-order valence-electron chi connectivity index (χ2n) is 4.00. The first kappa shape index (κ1) is 13.5. The van der Waals surface area contributed by atoms with E-state index in [-0.39, 0.29) is 5.91 Å². The Kier molecular flexibility index (Phi) is 6.04. The molecule has 0 fully saturated rings. The van der Waals surface area contributed by atoms with Crippen LogP contribution in [0.15, 0.2) is 36.4 Å². The Hall–Kier alpha value is -1.61. The average molecular weight is 232 g/mol. The zero-order valence-electron chi connectivity index (χ0n) is 10.3. The molecular formula is C14H20N2O. The van der Waals surface area contributed by atoms with E-state index in [1.165, 1.54) is 11.1 Å². The Balaban J connectivity index is 2.23. The van der Waals surface area contributed by atoms with Crippen LogP contribution in [0.3, 0.4) is 0 Å². The van der Waals surface area contributed by atoms with E-state index >= 15 is 0 Å². The number of carbonyl (C=O) groups excluding carboxylic acids is 1. The first-order chi connectivity index (χ1) is 8.22. The number of amides is 1. The topological polar surface area (TPSA) is 55.1 Å². The van der Waals surface area contributed by atoms with E-state index in [0.717, 1.165) is 6.42 Å². The fourth-order valence-electron chi connectivity index (χ4n) is 1.45. The summed E-state index contributed by atoms with van der Waals surface area (Å²) in [5.74, 6) is 0.0762. The molecule has 0 heterocycles. The van der Waals surface area contributed by atoms with Crippen LogP contribution in [0.25, 0.3) is 0 Å². The number of aryl methyl sites for hydroxylation is 2. The maximum Gasteiger partial charge on any atom is 0.220 e. The molecule has 3 N–H and O–H groups in total. The number of carbonyl (C=O) groups is 1.